The summed E-state index contributed by atoms with van der Waals surface area (Å²) in [5, 5.41) is 5.11. The van der Waals surface area contributed by atoms with E-state index in [1.807, 2.05) is 25.5 Å². The van der Waals surface area contributed by atoms with E-state index in [-0.39, 0.29) is 22.8 Å². The summed E-state index contributed by atoms with van der Waals surface area (Å²) in [7, 11) is 0.337. The fourth-order valence-corrected chi connectivity index (χ4v) is 6.58. The fourth-order valence-electron chi connectivity index (χ4n) is 4.17. The Kier molecular flexibility index (Phi) is 7.58. The Morgan fingerprint density at radius 3 is 2.58 bits per heavy atom. The largest absolute Gasteiger partial charge is 0.490 e. The minimum Gasteiger partial charge on any atom is -0.490 e. The maximum absolute atomic E-state index is 13.2. The van der Waals surface area contributed by atoms with Gasteiger partial charge in [0.2, 0.25) is 15.9 Å². The molecule has 3 heterocycles. The molecule has 180 valence electrons. The van der Waals surface area contributed by atoms with E-state index >= 15 is 0 Å². The second-order valence-corrected chi connectivity index (χ2v) is 11.5. The number of ether oxygens (including phenoxy) is 2. The molecule has 1 aromatic carbocycles. The highest BCUT2D eigenvalue weighted by Gasteiger charge is 2.33. The van der Waals surface area contributed by atoms with Crippen molar-refractivity contribution in [3.8, 4) is 11.5 Å². The van der Waals surface area contributed by atoms with Crippen LogP contribution in [0.25, 0.3) is 0 Å². The first-order valence-electron chi connectivity index (χ1n) is 11.2. The summed E-state index contributed by atoms with van der Waals surface area (Å²) in [6.45, 7) is 2.21. The summed E-state index contributed by atoms with van der Waals surface area (Å²) >= 11 is 1.67. The van der Waals surface area contributed by atoms with Gasteiger partial charge in [-0.05, 0) is 50.5 Å². The molecule has 0 spiro atoms. The molecule has 2 aliphatic rings. The van der Waals surface area contributed by atoms with Crippen molar-refractivity contribution in [1.29, 1.82) is 0 Å². The number of thiophene rings is 1. The maximum Gasteiger partial charge on any atom is 0.243 e. The van der Waals surface area contributed by atoms with Gasteiger partial charge in [-0.25, -0.2) is 8.42 Å². The van der Waals surface area contributed by atoms with Gasteiger partial charge in [0.15, 0.2) is 11.5 Å². The second kappa shape index (κ2) is 10.4. The summed E-state index contributed by atoms with van der Waals surface area (Å²) in [4.78, 5) is 16.3. The smallest absolute Gasteiger partial charge is 0.243 e. The first-order chi connectivity index (χ1) is 15.9. The van der Waals surface area contributed by atoms with Crippen LogP contribution in [0.2, 0.25) is 0 Å². The Morgan fingerprint density at radius 1 is 1.18 bits per heavy atom. The van der Waals surface area contributed by atoms with Crippen LogP contribution in [0, 0.1) is 5.92 Å². The lowest BCUT2D eigenvalue weighted by molar-refractivity contribution is -0.126. The molecular formula is C23H31N3O5S2. The lowest BCUT2D eigenvalue weighted by atomic mass is 9.97. The molecule has 0 unspecified atom stereocenters. The van der Waals surface area contributed by atoms with E-state index in [1.165, 1.54) is 9.18 Å². The summed E-state index contributed by atoms with van der Waals surface area (Å²) in [6, 6.07) is 8.97. The lowest BCUT2D eigenvalue weighted by Gasteiger charge is -2.31. The van der Waals surface area contributed by atoms with Gasteiger partial charge < -0.3 is 19.7 Å². The van der Waals surface area contributed by atoms with Crippen LogP contribution in [0.4, 0.5) is 0 Å². The van der Waals surface area contributed by atoms with E-state index in [4.69, 9.17) is 9.47 Å². The van der Waals surface area contributed by atoms with Crippen LogP contribution in [-0.2, 0) is 14.8 Å². The molecule has 1 amide bonds. The number of likely N-dealkylation sites (N-methyl/N-ethyl adjacent to an activating group) is 1. The molecule has 0 saturated carbocycles. The zero-order valence-electron chi connectivity index (χ0n) is 19.0. The van der Waals surface area contributed by atoms with E-state index in [9.17, 15) is 13.2 Å². The minimum atomic E-state index is -3.66. The summed E-state index contributed by atoms with van der Waals surface area (Å²) < 4.78 is 39.1. The van der Waals surface area contributed by atoms with Gasteiger partial charge in [0.05, 0.1) is 24.2 Å². The molecule has 33 heavy (non-hydrogen) atoms. The Morgan fingerprint density at radius 2 is 1.91 bits per heavy atom. The minimum absolute atomic E-state index is 0.00830. The fraction of sp³-hybridized carbons (Fsp3) is 0.522. The third kappa shape index (κ3) is 5.51. The third-order valence-electron chi connectivity index (χ3n) is 6.15. The number of piperidine rings is 1. The molecule has 8 nitrogen and oxygen atoms in total. The van der Waals surface area contributed by atoms with Gasteiger partial charge in [0.25, 0.3) is 0 Å². The van der Waals surface area contributed by atoms with Crippen molar-refractivity contribution in [2.45, 2.75) is 30.2 Å². The second-order valence-electron chi connectivity index (χ2n) is 8.58. The third-order valence-corrected chi connectivity index (χ3v) is 9.01. The quantitative estimate of drug-likeness (QED) is 0.638. The number of nitrogens with one attached hydrogen (secondary N) is 1. The molecule has 4 rings (SSSR count). The van der Waals surface area contributed by atoms with Crippen molar-refractivity contribution < 1.29 is 22.7 Å². The molecule has 1 fully saturated rings. The van der Waals surface area contributed by atoms with Crippen molar-refractivity contribution in [2.24, 2.45) is 5.92 Å². The van der Waals surface area contributed by atoms with Gasteiger partial charge in [-0.2, -0.15) is 4.31 Å². The van der Waals surface area contributed by atoms with E-state index in [1.54, 1.807) is 29.5 Å². The van der Waals surface area contributed by atoms with Gasteiger partial charge in [-0.15, -0.1) is 11.3 Å². The van der Waals surface area contributed by atoms with Crippen LogP contribution in [0.15, 0.2) is 40.6 Å². The molecular weight excluding hydrogens is 462 g/mol. The standard InChI is InChI=1S/C23H31N3O5S2/c1-25(2)19(22-5-3-14-32-22)16-24-23(27)17-8-10-26(11-9-17)33(28,29)18-6-7-20-21(15-18)31-13-4-12-30-20/h3,5-7,14-15,17,19H,4,8-13,16H2,1-2H3,(H,24,27)/t19-/m0/s1. The molecule has 10 heteroatoms. The molecule has 1 atom stereocenters. The average Bonchev–Trinajstić information content (AvgIpc) is 3.23. The number of fused-ring (bicyclic) bond motifs is 1. The molecule has 1 aromatic heterocycles. The number of hydrogen-bond donors (Lipinski definition) is 1. The van der Waals surface area contributed by atoms with Crippen molar-refractivity contribution in [1.82, 2.24) is 14.5 Å². The van der Waals surface area contributed by atoms with Crippen LogP contribution >= 0.6 is 11.3 Å². The Bertz CT molecular complexity index is 1050. The van der Waals surface area contributed by atoms with Crippen molar-refractivity contribution in [2.75, 3.05) is 46.9 Å². The monoisotopic (exact) mass is 493 g/mol. The number of sulfonamides is 1. The van der Waals surface area contributed by atoms with Crippen molar-refractivity contribution in [3.05, 3.63) is 40.6 Å². The van der Waals surface area contributed by atoms with Crippen LogP contribution < -0.4 is 14.8 Å². The van der Waals surface area contributed by atoms with Crippen molar-refractivity contribution in [3.63, 3.8) is 0 Å². The van der Waals surface area contributed by atoms with Crippen molar-refractivity contribution >= 4 is 27.3 Å². The Labute approximate surface area is 199 Å². The topological polar surface area (TPSA) is 88.2 Å². The van der Waals surface area contributed by atoms with E-state index < -0.39 is 10.0 Å². The number of carbonyl (C=O) groups is 1. The maximum atomic E-state index is 13.2. The van der Waals surface area contributed by atoms with Crippen LogP contribution in [0.3, 0.4) is 0 Å². The normalized spacial score (nSPS) is 18.6. The lowest BCUT2D eigenvalue weighted by Crippen LogP contribution is -2.44. The van der Waals surface area contributed by atoms with Gasteiger partial charge in [-0.3, -0.25) is 4.79 Å². The predicted molar refractivity (Wildman–Crippen MR) is 127 cm³/mol. The van der Waals surface area contributed by atoms with Crippen LogP contribution in [0.1, 0.15) is 30.2 Å². The zero-order valence-corrected chi connectivity index (χ0v) is 20.7. The van der Waals surface area contributed by atoms with E-state index in [0.717, 1.165) is 6.42 Å². The molecule has 2 aromatic rings. The summed E-state index contributed by atoms with van der Waals surface area (Å²) in [5.41, 5.74) is 0. The molecule has 2 aliphatic heterocycles. The van der Waals surface area contributed by atoms with Crippen LogP contribution in [-0.4, -0.2) is 70.5 Å². The predicted octanol–water partition coefficient (Wildman–Crippen LogP) is 2.73. The SMILES string of the molecule is CN(C)[C@@H](CNC(=O)C1CCN(S(=O)(=O)c2ccc3c(c2)OCCCO3)CC1)c1cccs1. The number of rotatable bonds is 7. The molecule has 1 N–H and O–H groups in total. The van der Waals surface area contributed by atoms with Gasteiger partial charge in [0.1, 0.15) is 0 Å². The Hall–Kier alpha value is -2.14. The molecule has 0 radical (unpaired) electrons. The zero-order chi connectivity index (χ0) is 23.4. The summed E-state index contributed by atoms with van der Waals surface area (Å²) in [6.07, 6.45) is 1.76. The van der Waals surface area contributed by atoms with E-state index in [2.05, 4.69) is 16.3 Å². The highest BCUT2D eigenvalue weighted by Crippen LogP contribution is 2.34. The highest BCUT2D eigenvalue weighted by atomic mass is 32.2. The number of carbonyl (C=O) groups excluding carboxylic acids is 1. The first kappa shape index (κ1) is 24.0. The van der Waals surface area contributed by atoms with Crippen LogP contribution in [0.5, 0.6) is 11.5 Å². The highest BCUT2D eigenvalue weighted by molar-refractivity contribution is 7.89. The van der Waals surface area contributed by atoms with E-state index in [0.29, 0.717) is 57.2 Å². The average molecular weight is 494 g/mol. The molecule has 1 saturated heterocycles. The number of benzene rings is 1. The Balaban J connectivity index is 1.34. The first-order valence-corrected chi connectivity index (χ1v) is 13.6. The van der Waals surface area contributed by atoms with Gasteiger partial charge in [0, 0.05) is 42.9 Å². The number of hydrogen-bond acceptors (Lipinski definition) is 7. The summed E-state index contributed by atoms with van der Waals surface area (Å²) in [5.74, 6) is 0.835. The number of nitrogens with zero attached hydrogens (tertiary/aromatic N) is 2. The molecule has 0 aliphatic carbocycles. The van der Waals surface area contributed by atoms with Gasteiger partial charge >= 0.3 is 0 Å². The number of amides is 1. The molecule has 0 bridgehead atoms. The van der Waals surface area contributed by atoms with Gasteiger partial charge in [-0.1, -0.05) is 6.07 Å².